The monoisotopic (exact) mass is 340 g/mol. The van der Waals surface area contributed by atoms with E-state index in [0.29, 0.717) is 5.02 Å². The summed E-state index contributed by atoms with van der Waals surface area (Å²) in [6, 6.07) is 3.77. The molecule has 0 aliphatic rings. The van der Waals surface area contributed by atoms with E-state index in [4.69, 9.17) is 11.6 Å². The van der Waals surface area contributed by atoms with Crippen molar-refractivity contribution in [1.29, 1.82) is 0 Å². The number of fused-ring (bicyclic) bond motifs is 1. The molecule has 0 saturated carbocycles. The number of hydrogen-bond acceptors (Lipinski definition) is 3. The summed E-state index contributed by atoms with van der Waals surface area (Å²) in [6.45, 7) is 3.80. The molecule has 0 aromatic carbocycles. The van der Waals surface area contributed by atoms with Gasteiger partial charge in [-0.2, -0.15) is 0 Å². The second kappa shape index (κ2) is 6.13. The van der Waals surface area contributed by atoms with E-state index in [9.17, 15) is 0 Å². The molecule has 4 aromatic rings. The maximum absolute atomic E-state index is 6.16. The fourth-order valence-electron chi connectivity index (χ4n) is 2.96. The molecule has 6 nitrogen and oxygen atoms in total. The third kappa shape index (κ3) is 2.69. The zero-order chi connectivity index (χ0) is 16.5. The summed E-state index contributed by atoms with van der Waals surface area (Å²) in [5.41, 5.74) is 2.80. The molecular formula is C17H17ClN6. The van der Waals surface area contributed by atoms with Crippen LogP contribution >= 0.6 is 11.6 Å². The quantitative estimate of drug-likeness (QED) is 0.559. The van der Waals surface area contributed by atoms with Gasteiger partial charge < -0.3 is 9.13 Å². The van der Waals surface area contributed by atoms with Crippen LogP contribution in [-0.4, -0.2) is 28.5 Å². The van der Waals surface area contributed by atoms with Crippen molar-refractivity contribution in [2.24, 2.45) is 0 Å². The lowest BCUT2D eigenvalue weighted by Crippen LogP contribution is -2.05. The lowest BCUT2D eigenvalue weighted by Gasteiger charge is -2.09. The van der Waals surface area contributed by atoms with E-state index in [2.05, 4.69) is 24.1 Å². The van der Waals surface area contributed by atoms with Crippen LogP contribution in [0.1, 0.15) is 12.1 Å². The summed E-state index contributed by atoms with van der Waals surface area (Å²) in [4.78, 5) is 13.2. The number of imidazole rings is 3. The fourth-order valence-corrected chi connectivity index (χ4v) is 3.12. The highest BCUT2D eigenvalue weighted by atomic mass is 35.5. The van der Waals surface area contributed by atoms with Gasteiger partial charge in [0.2, 0.25) is 0 Å². The highest BCUT2D eigenvalue weighted by Crippen LogP contribution is 2.25. The van der Waals surface area contributed by atoms with Crippen LogP contribution < -0.4 is 0 Å². The lowest BCUT2D eigenvalue weighted by atomic mass is 10.3. The second-order valence-electron chi connectivity index (χ2n) is 5.72. The Balaban J connectivity index is 1.64. The predicted molar refractivity (Wildman–Crippen MR) is 93.0 cm³/mol. The van der Waals surface area contributed by atoms with Gasteiger partial charge in [0.15, 0.2) is 5.82 Å². The zero-order valence-electron chi connectivity index (χ0n) is 13.3. The normalized spacial score (nSPS) is 11.4. The lowest BCUT2D eigenvalue weighted by molar-refractivity contribution is 0.565. The number of rotatable bonds is 5. The fraction of sp³-hybridized carbons (Fsp3) is 0.235. The summed E-state index contributed by atoms with van der Waals surface area (Å²) in [5, 5.41) is 0.680. The standard InChI is InChI=1S/C17H17ClN6/c1-13-16(24-11-14(18)3-4-15(24)21-13)17-20-6-10-23(17)8-2-7-22-9-5-19-12-22/h3-6,9-12H,2,7-8H2,1H3. The van der Waals surface area contributed by atoms with Crippen molar-refractivity contribution in [1.82, 2.24) is 28.5 Å². The molecule has 0 radical (unpaired) electrons. The molecule has 0 unspecified atom stereocenters. The Morgan fingerprint density at radius 1 is 1.12 bits per heavy atom. The molecule has 7 heteroatoms. The van der Waals surface area contributed by atoms with Crippen LogP contribution in [0.4, 0.5) is 0 Å². The topological polar surface area (TPSA) is 52.9 Å². The average molecular weight is 341 g/mol. The molecule has 0 N–H and O–H groups in total. The van der Waals surface area contributed by atoms with Crippen molar-refractivity contribution >= 4 is 17.2 Å². The Morgan fingerprint density at radius 2 is 2.04 bits per heavy atom. The summed E-state index contributed by atoms with van der Waals surface area (Å²) in [7, 11) is 0. The van der Waals surface area contributed by atoms with Crippen molar-refractivity contribution in [3.8, 4) is 11.5 Å². The van der Waals surface area contributed by atoms with Crippen LogP contribution in [0.25, 0.3) is 17.2 Å². The minimum absolute atomic E-state index is 0.680. The molecule has 122 valence electrons. The minimum atomic E-state index is 0.680. The molecule has 0 bridgehead atoms. The maximum atomic E-state index is 6.16. The smallest absolute Gasteiger partial charge is 0.158 e. The van der Waals surface area contributed by atoms with Gasteiger partial charge in [-0.25, -0.2) is 15.0 Å². The first-order valence-electron chi connectivity index (χ1n) is 7.84. The molecule has 24 heavy (non-hydrogen) atoms. The molecule has 4 heterocycles. The molecule has 0 spiro atoms. The average Bonchev–Trinajstić information content (AvgIpc) is 3.27. The molecule has 0 amide bonds. The van der Waals surface area contributed by atoms with Gasteiger partial charge in [-0.15, -0.1) is 0 Å². The van der Waals surface area contributed by atoms with E-state index in [-0.39, 0.29) is 0 Å². The summed E-state index contributed by atoms with van der Waals surface area (Å²) in [5.74, 6) is 0.910. The summed E-state index contributed by atoms with van der Waals surface area (Å²) in [6.07, 6.45) is 12.3. The number of halogens is 1. The van der Waals surface area contributed by atoms with Crippen LogP contribution in [0.2, 0.25) is 5.02 Å². The van der Waals surface area contributed by atoms with Gasteiger partial charge in [0.05, 0.1) is 17.0 Å². The first-order valence-corrected chi connectivity index (χ1v) is 8.21. The van der Waals surface area contributed by atoms with E-state index < -0.39 is 0 Å². The Bertz CT molecular complexity index is 966. The van der Waals surface area contributed by atoms with E-state index in [0.717, 1.165) is 42.4 Å². The van der Waals surface area contributed by atoms with E-state index in [1.165, 1.54) is 0 Å². The Morgan fingerprint density at radius 3 is 2.88 bits per heavy atom. The molecular weight excluding hydrogens is 324 g/mol. The highest BCUT2D eigenvalue weighted by molar-refractivity contribution is 6.30. The molecule has 0 atom stereocenters. The number of aryl methyl sites for hydroxylation is 3. The van der Waals surface area contributed by atoms with E-state index >= 15 is 0 Å². The zero-order valence-corrected chi connectivity index (χ0v) is 14.1. The SMILES string of the molecule is Cc1nc2ccc(Cl)cn2c1-c1nccn1CCCn1ccnc1. The van der Waals surface area contributed by atoms with Crippen molar-refractivity contribution in [2.45, 2.75) is 26.4 Å². The van der Waals surface area contributed by atoms with Crippen LogP contribution in [0.5, 0.6) is 0 Å². The predicted octanol–water partition coefficient (Wildman–Crippen LogP) is 3.45. The number of nitrogens with zero attached hydrogens (tertiary/aromatic N) is 6. The molecule has 0 saturated heterocycles. The minimum Gasteiger partial charge on any atom is -0.337 e. The van der Waals surface area contributed by atoms with Gasteiger partial charge in [-0.3, -0.25) is 4.40 Å². The first-order chi connectivity index (χ1) is 11.7. The second-order valence-corrected chi connectivity index (χ2v) is 6.16. The van der Waals surface area contributed by atoms with Crippen LogP contribution in [0.3, 0.4) is 0 Å². The van der Waals surface area contributed by atoms with Gasteiger partial charge in [0.25, 0.3) is 0 Å². The van der Waals surface area contributed by atoms with Crippen LogP contribution in [0, 0.1) is 6.92 Å². The number of aromatic nitrogens is 6. The highest BCUT2D eigenvalue weighted by Gasteiger charge is 2.15. The summed E-state index contributed by atoms with van der Waals surface area (Å²) < 4.78 is 6.25. The molecule has 0 fully saturated rings. The van der Waals surface area contributed by atoms with Crippen LogP contribution in [-0.2, 0) is 13.1 Å². The third-order valence-corrected chi connectivity index (χ3v) is 4.28. The van der Waals surface area contributed by atoms with Crippen molar-refractivity contribution in [3.05, 3.63) is 60.2 Å². The van der Waals surface area contributed by atoms with Crippen LogP contribution in [0.15, 0.2) is 49.4 Å². The maximum Gasteiger partial charge on any atom is 0.158 e. The molecule has 0 aliphatic carbocycles. The van der Waals surface area contributed by atoms with Gasteiger partial charge in [0, 0.05) is 44.1 Å². The van der Waals surface area contributed by atoms with Gasteiger partial charge in [0.1, 0.15) is 11.3 Å². The number of hydrogen-bond donors (Lipinski definition) is 0. The molecule has 4 aromatic heterocycles. The first kappa shape index (κ1) is 15.0. The van der Waals surface area contributed by atoms with Crippen molar-refractivity contribution in [2.75, 3.05) is 0 Å². The number of pyridine rings is 1. The van der Waals surface area contributed by atoms with Gasteiger partial charge in [-0.05, 0) is 25.5 Å². The Labute approximate surface area is 144 Å². The Kier molecular flexibility index (Phi) is 3.82. The van der Waals surface area contributed by atoms with Crippen molar-refractivity contribution < 1.29 is 0 Å². The summed E-state index contributed by atoms with van der Waals surface area (Å²) >= 11 is 6.16. The molecule has 4 rings (SSSR count). The van der Waals surface area contributed by atoms with Gasteiger partial charge in [-0.1, -0.05) is 11.6 Å². The third-order valence-electron chi connectivity index (χ3n) is 4.06. The van der Waals surface area contributed by atoms with Crippen molar-refractivity contribution in [3.63, 3.8) is 0 Å². The Hall–Kier alpha value is -2.60. The molecule has 0 aliphatic heterocycles. The van der Waals surface area contributed by atoms with E-state index in [1.54, 1.807) is 6.20 Å². The largest absolute Gasteiger partial charge is 0.337 e. The van der Waals surface area contributed by atoms with E-state index in [1.807, 2.05) is 54.6 Å². The van der Waals surface area contributed by atoms with Gasteiger partial charge >= 0.3 is 0 Å².